The maximum atomic E-state index is 12.1. The number of carbonyl (C=O) groups is 2. The second-order valence-electron chi connectivity index (χ2n) is 4.95. The second-order valence-corrected chi connectivity index (χ2v) is 5.39. The zero-order chi connectivity index (χ0) is 17.5. The summed E-state index contributed by atoms with van der Waals surface area (Å²) in [6.45, 7) is 1.70. The lowest BCUT2D eigenvalue weighted by Gasteiger charge is -2.11. The molecule has 0 heterocycles. The van der Waals surface area contributed by atoms with E-state index < -0.39 is 11.8 Å². The summed E-state index contributed by atoms with van der Waals surface area (Å²) in [5.41, 5.74) is 5.85. The molecule has 6 nitrogen and oxygen atoms in total. The van der Waals surface area contributed by atoms with Crippen LogP contribution in [0.1, 0.15) is 15.9 Å². The molecule has 0 saturated heterocycles. The topological polar surface area (TPSA) is 76.7 Å². The number of carbonyl (C=O) groups excluding carboxylic acids is 2. The number of hydrogen-bond acceptors (Lipinski definition) is 4. The summed E-state index contributed by atoms with van der Waals surface area (Å²) in [6.07, 6.45) is 0. The first-order valence-electron chi connectivity index (χ1n) is 7.12. The smallest absolute Gasteiger partial charge is 0.276 e. The lowest BCUT2D eigenvalue weighted by atomic mass is 10.2. The second kappa shape index (κ2) is 8.21. The van der Waals surface area contributed by atoms with Gasteiger partial charge in [0, 0.05) is 5.02 Å². The summed E-state index contributed by atoms with van der Waals surface area (Å²) in [5.74, 6) is -0.119. The predicted octanol–water partition coefficient (Wildman–Crippen LogP) is 2.50. The minimum atomic E-state index is -0.521. The van der Waals surface area contributed by atoms with Crippen molar-refractivity contribution in [3.8, 4) is 11.5 Å². The number of aryl methyl sites for hydroxylation is 1. The molecule has 0 fully saturated rings. The molecule has 24 heavy (non-hydrogen) atoms. The number of rotatable bonds is 5. The molecule has 2 amide bonds. The molecule has 0 spiro atoms. The molecule has 0 aliphatic heterocycles. The third kappa shape index (κ3) is 4.89. The molecule has 0 aliphatic carbocycles. The van der Waals surface area contributed by atoms with Crippen LogP contribution in [0.2, 0.25) is 5.02 Å². The van der Waals surface area contributed by atoms with Crippen LogP contribution < -0.4 is 20.3 Å². The van der Waals surface area contributed by atoms with E-state index in [1.165, 1.54) is 19.2 Å². The van der Waals surface area contributed by atoms with Gasteiger partial charge in [0.1, 0.15) is 11.5 Å². The summed E-state index contributed by atoms with van der Waals surface area (Å²) in [6, 6.07) is 11.9. The summed E-state index contributed by atoms with van der Waals surface area (Å²) in [5, 5.41) is 0.444. The summed E-state index contributed by atoms with van der Waals surface area (Å²) in [4.78, 5) is 23.8. The van der Waals surface area contributed by atoms with Crippen molar-refractivity contribution in [1.82, 2.24) is 10.9 Å². The predicted molar refractivity (Wildman–Crippen MR) is 90.3 cm³/mol. The van der Waals surface area contributed by atoms with Gasteiger partial charge in [0.15, 0.2) is 6.61 Å². The third-order valence-electron chi connectivity index (χ3n) is 3.08. The molecular weight excluding hydrogens is 332 g/mol. The van der Waals surface area contributed by atoms with Crippen molar-refractivity contribution in [2.24, 2.45) is 0 Å². The van der Waals surface area contributed by atoms with E-state index in [1.807, 2.05) is 25.1 Å². The molecule has 2 N–H and O–H groups in total. The summed E-state index contributed by atoms with van der Waals surface area (Å²) in [7, 11) is 1.43. The molecule has 2 rings (SSSR count). The van der Waals surface area contributed by atoms with Crippen LogP contribution in [0.15, 0.2) is 42.5 Å². The van der Waals surface area contributed by atoms with Crippen LogP contribution in [0.5, 0.6) is 11.5 Å². The Morgan fingerprint density at radius 1 is 1.12 bits per heavy atom. The first-order valence-corrected chi connectivity index (χ1v) is 7.49. The SMILES string of the molecule is COc1cc(Cl)ccc1C(=O)NNC(=O)COc1cccc(C)c1. The fraction of sp³-hybridized carbons (Fsp3) is 0.176. The van der Waals surface area contributed by atoms with Gasteiger partial charge < -0.3 is 9.47 Å². The zero-order valence-electron chi connectivity index (χ0n) is 13.3. The monoisotopic (exact) mass is 348 g/mol. The van der Waals surface area contributed by atoms with Crippen LogP contribution in [0, 0.1) is 6.92 Å². The molecule has 0 aromatic heterocycles. The number of methoxy groups -OCH3 is 1. The van der Waals surface area contributed by atoms with Crippen molar-refractivity contribution in [3.63, 3.8) is 0 Å². The van der Waals surface area contributed by atoms with Gasteiger partial charge >= 0.3 is 0 Å². The van der Waals surface area contributed by atoms with Crippen LogP contribution >= 0.6 is 11.6 Å². The van der Waals surface area contributed by atoms with Gasteiger partial charge in [-0.15, -0.1) is 0 Å². The number of hydrogen-bond donors (Lipinski definition) is 2. The first kappa shape index (κ1) is 17.6. The van der Waals surface area contributed by atoms with E-state index in [0.29, 0.717) is 16.5 Å². The van der Waals surface area contributed by atoms with Crippen molar-refractivity contribution in [3.05, 3.63) is 58.6 Å². The van der Waals surface area contributed by atoms with Gasteiger partial charge in [0.05, 0.1) is 12.7 Å². The van der Waals surface area contributed by atoms with E-state index in [9.17, 15) is 9.59 Å². The van der Waals surface area contributed by atoms with E-state index in [4.69, 9.17) is 21.1 Å². The molecule has 0 atom stereocenters. The molecule has 0 unspecified atom stereocenters. The van der Waals surface area contributed by atoms with Gasteiger partial charge in [-0.2, -0.15) is 0 Å². The van der Waals surface area contributed by atoms with Crippen molar-refractivity contribution in [1.29, 1.82) is 0 Å². The highest BCUT2D eigenvalue weighted by Gasteiger charge is 2.13. The Hall–Kier alpha value is -2.73. The maximum Gasteiger partial charge on any atom is 0.276 e. The Morgan fingerprint density at radius 2 is 1.92 bits per heavy atom. The molecule has 0 saturated carbocycles. The van der Waals surface area contributed by atoms with Crippen molar-refractivity contribution in [2.45, 2.75) is 6.92 Å². The van der Waals surface area contributed by atoms with Crippen molar-refractivity contribution in [2.75, 3.05) is 13.7 Å². The van der Waals surface area contributed by atoms with Crippen LogP contribution in [0.3, 0.4) is 0 Å². The standard InChI is InChI=1S/C17H17ClN2O4/c1-11-4-3-5-13(8-11)24-10-16(21)19-20-17(22)14-7-6-12(18)9-15(14)23-2/h3-9H,10H2,1-2H3,(H,19,21)(H,20,22). The van der Waals surface area contributed by atoms with Gasteiger partial charge in [0.25, 0.3) is 11.8 Å². The highest BCUT2D eigenvalue weighted by molar-refractivity contribution is 6.30. The minimum absolute atomic E-state index is 0.221. The van der Waals surface area contributed by atoms with Gasteiger partial charge in [-0.1, -0.05) is 23.7 Å². The number of amides is 2. The third-order valence-corrected chi connectivity index (χ3v) is 3.32. The number of benzene rings is 2. The van der Waals surface area contributed by atoms with E-state index in [-0.39, 0.29) is 12.2 Å². The molecule has 2 aromatic rings. The van der Waals surface area contributed by atoms with Crippen LogP contribution in [-0.4, -0.2) is 25.5 Å². The molecule has 126 valence electrons. The van der Waals surface area contributed by atoms with Crippen LogP contribution in [-0.2, 0) is 4.79 Å². The molecule has 0 bridgehead atoms. The Balaban J connectivity index is 1.86. The van der Waals surface area contributed by atoms with Gasteiger partial charge in [-0.05, 0) is 42.8 Å². The molecule has 7 heteroatoms. The normalized spacial score (nSPS) is 9.96. The fourth-order valence-electron chi connectivity index (χ4n) is 1.94. The maximum absolute atomic E-state index is 12.1. The number of nitrogens with one attached hydrogen (secondary N) is 2. The fourth-order valence-corrected chi connectivity index (χ4v) is 2.10. The zero-order valence-corrected chi connectivity index (χ0v) is 14.0. The average molecular weight is 349 g/mol. The number of halogens is 1. The Labute approximate surface area is 144 Å². The molecule has 0 aliphatic rings. The highest BCUT2D eigenvalue weighted by Crippen LogP contribution is 2.22. The minimum Gasteiger partial charge on any atom is -0.496 e. The molecular formula is C17H17ClN2O4. The highest BCUT2D eigenvalue weighted by atomic mass is 35.5. The quantitative estimate of drug-likeness (QED) is 0.814. The Kier molecular flexibility index (Phi) is 6.03. The average Bonchev–Trinajstić information content (AvgIpc) is 2.57. The Bertz CT molecular complexity index is 749. The van der Waals surface area contributed by atoms with E-state index in [2.05, 4.69) is 10.9 Å². The van der Waals surface area contributed by atoms with E-state index in [1.54, 1.807) is 12.1 Å². The van der Waals surface area contributed by atoms with E-state index >= 15 is 0 Å². The summed E-state index contributed by atoms with van der Waals surface area (Å²) >= 11 is 5.84. The lowest BCUT2D eigenvalue weighted by molar-refractivity contribution is -0.123. The van der Waals surface area contributed by atoms with Gasteiger partial charge in [-0.25, -0.2) is 0 Å². The van der Waals surface area contributed by atoms with Gasteiger partial charge in [-0.3, -0.25) is 20.4 Å². The van der Waals surface area contributed by atoms with Crippen molar-refractivity contribution < 1.29 is 19.1 Å². The molecule has 2 aromatic carbocycles. The van der Waals surface area contributed by atoms with E-state index in [0.717, 1.165) is 5.56 Å². The first-order chi connectivity index (χ1) is 11.5. The largest absolute Gasteiger partial charge is 0.496 e. The van der Waals surface area contributed by atoms with Gasteiger partial charge in [0.2, 0.25) is 0 Å². The van der Waals surface area contributed by atoms with Crippen LogP contribution in [0.4, 0.5) is 0 Å². The Morgan fingerprint density at radius 3 is 2.62 bits per heavy atom. The molecule has 0 radical (unpaired) electrons. The lowest BCUT2D eigenvalue weighted by Crippen LogP contribution is -2.43. The number of ether oxygens (including phenoxy) is 2. The van der Waals surface area contributed by atoms with Crippen molar-refractivity contribution >= 4 is 23.4 Å². The number of hydrazine groups is 1. The summed E-state index contributed by atoms with van der Waals surface area (Å²) < 4.78 is 10.4. The van der Waals surface area contributed by atoms with Crippen LogP contribution in [0.25, 0.3) is 0 Å².